The summed E-state index contributed by atoms with van der Waals surface area (Å²) in [6.07, 6.45) is -0.683. The Morgan fingerprint density at radius 3 is 2.56 bits per heavy atom. The molecule has 1 aromatic rings. The molecule has 0 amide bonds. The van der Waals surface area contributed by atoms with E-state index in [1.807, 2.05) is 0 Å². The van der Waals surface area contributed by atoms with Gasteiger partial charge in [0, 0.05) is 24.7 Å². The number of carbonyl (C=O) groups excluding carboxylic acids is 1. The highest BCUT2D eigenvalue weighted by molar-refractivity contribution is 5.84. The molecule has 0 aliphatic heterocycles. The standard InChI is InChI=1S/C12H14F2O2/c1-3-11(15)12(16-4-2)9-6-5-8(13)7-10(9)14/h5-7,12H,3-4H2,1-2H3. The van der Waals surface area contributed by atoms with Crippen LogP contribution < -0.4 is 0 Å². The summed E-state index contributed by atoms with van der Waals surface area (Å²) in [5, 5.41) is 0. The average molecular weight is 228 g/mol. The van der Waals surface area contributed by atoms with E-state index >= 15 is 0 Å². The van der Waals surface area contributed by atoms with Crippen LogP contribution in [0.2, 0.25) is 0 Å². The van der Waals surface area contributed by atoms with E-state index in [9.17, 15) is 13.6 Å². The SMILES string of the molecule is CCOC(C(=O)CC)c1ccc(F)cc1F. The molecule has 0 N–H and O–H groups in total. The third-order valence-electron chi connectivity index (χ3n) is 2.22. The number of hydrogen-bond acceptors (Lipinski definition) is 2. The average Bonchev–Trinajstić information content (AvgIpc) is 2.26. The van der Waals surface area contributed by atoms with Gasteiger partial charge >= 0.3 is 0 Å². The largest absolute Gasteiger partial charge is 0.366 e. The topological polar surface area (TPSA) is 26.3 Å². The number of hydrogen-bond donors (Lipinski definition) is 0. The Bertz CT molecular complexity index is 377. The summed E-state index contributed by atoms with van der Waals surface area (Å²) in [5.41, 5.74) is 0.0927. The third-order valence-corrected chi connectivity index (χ3v) is 2.22. The van der Waals surface area contributed by atoms with Crippen LogP contribution >= 0.6 is 0 Å². The van der Waals surface area contributed by atoms with Gasteiger partial charge in [-0.3, -0.25) is 4.79 Å². The van der Waals surface area contributed by atoms with Crippen LogP contribution in [0, 0.1) is 11.6 Å². The number of benzene rings is 1. The fourth-order valence-electron chi connectivity index (χ4n) is 1.42. The van der Waals surface area contributed by atoms with Crippen molar-refractivity contribution in [3.8, 4) is 0 Å². The first-order valence-electron chi connectivity index (χ1n) is 5.19. The number of carbonyl (C=O) groups is 1. The first kappa shape index (κ1) is 12.8. The van der Waals surface area contributed by atoms with Gasteiger partial charge in [-0.25, -0.2) is 8.78 Å². The molecule has 2 nitrogen and oxygen atoms in total. The van der Waals surface area contributed by atoms with E-state index in [1.165, 1.54) is 6.07 Å². The second kappa shape index (κ2) is 5.70. The molecular formula is C12H14F2O2. The third kappa shape index (κ3) is 2.85. The van der Waals surface area contributed by atoms with Gasteiger partial charge in [-0.2, -0.15) is 0 Å². The lowest BCUT2D eigenvalue weighted by Crippen LogP contribution is -2.16. The quantitative estimate of drug-likeness (QED) is 0.774. The number of ketones is 1. The Morgan fingerprint density at radius 1 is 1.38 bits per heavy atom. The summed E-state index contributed by atoms with van der Waals surface area (Å²) in [4.78, 5) is 11.6. The predicted octanol–water partition coefficient (Wildman–Crippen LogP) is 3.02. The van der Waals surface area contributed by atoms with E-state index in [0.717, 1.165) is 12.1 Å². The van der Waals surface area contributed by atoms with Crippen molar-refractivity contribution in [2.24, 2.45) is 0 Å². The number of Topliss-reactive ketones (excluding diaryl/α,β-unsaturated/α-hetero) is 1. The molecule has 0 spiro atoms. The summed E-state index contributed by atoms with van der Waals surface area (Å²) in [6.45, 7) is 3.69. The van der Waals surface area contributed by atoms with Gasteiger partial charge < -0.3 is 4.74 Å². The van der Waals surface area contributed by atoms with Crippen LogP contribution in [-0.4, -0.2) is 12.4 Å². The van der Waals surface area contributed by atoms with E-state index in [-0.39, 0.29) is 17.8 Å². The van der Waals surface area contributed by atoms with Gasteiger partial charge in [0.15, 0.2) is 5.78 Å². The minimum Gasteiger partial charge on any atom is -0.366 e. The van der Waals surface area contributed by atoms with Crippen molar-refractivity contribution in [3.63, 3.8) is 0 Å². The van der Waals surface area contributed by atoms with Crippen molar-refractivity contribution in [2.45, 2.75) is 26.4 Å². The highest BCUT2D eigenvalue weighted by Crippen LogP contribution is 2.23. The van der Waals surface area contributed by atoms with Crippen molar-refractivity contribution in [3.05, 3.63) is 35.4 Å². The summed E-state index contributed by atoms with van der Waals surface area (Å²) < 4.78 is 31.4. The van der Waals surface area contributed by atoms with Gasteiger partial charge in [-0.15, -0.1) is 0 Å². The zero-order valence-corrected chi connectivity index (χ0v) is 9.30. The molecule has 0 aliphatic carbocycles. The van der Waals surface area contributed by atoms with E-state index in [1.54, 1.807) is 13.8 Å². The van der Waals surface area contributed by atoms with E-state index in [4.69, 9.17) is 4.74 Å². The van der Waals surface area contributed by atoms with Crippen LogP contribution in [0.1, 0.15) is 31.9 Å². The lowest BCUT2D eigenvalue weighted by molar-refractivity contribution is -0.130. The normalized spacial score (nSPS) is 12.5. The maximum Gasteiger partial charge on any atom is 0.165 e. The van der Waals surface area contributed by atoms with Crippen LogP contribution in [0.5, 0.6) is 0 Å². The number of ether oxygens (including phenoxy) is 1. The molecule has 16 heavy (non-hydrogen) atoms. The van der Waals surface area contributed by atoms with Crippen LogP contribution in [0.3, 0.4) is 0 Å². The number of rotatable bonds is 5. The minimum atomic E-state index is -0.935. The predicted molar refractivity (Wildman–Crippen MR) is 56.0 cm³/mol. The molecule has 0 radical (unpaired) electrons. The molecule has 0 aromatic heterocycles. The van der Waals surface area contributed by atoms with Crippen molar-refractivity contribution in [1.29, 1.82) is 0 Å². The molecule has 0 aliphatic rings. The van der Waals surface area contributed by atoms with E-state index in [0.29, 0.717) is 6.61 Å². The van der Waals surface area contributed by atoms with Gasteiger partial charge in [0.2, 0.25) is 0 Å². The molecule has 88 valence electrons. The fraction of sp³-hybridized carbons (Fsp3) is 0.417. The zero-order chi connectivity index (χ0) is 12.1. The minimum absolute atomic E-state index is 0.0927. The Balaban J connectivity index is 3.05. The van der Waals surface area contributed by atoms with E-state index in [2.05, 4.69) is 0 Å². The van der Waals surface area contributed by atoms with Crippen LogP contribution in [0.4, 0.5) is 8.78 Å². The first-order valence-corrected chi connectivity index (χ1v) is 5.19. The molecule has 1 atom stereocenters. The Kier molecular flexibility index (Phi) is 4.55. The monoisotopic (exact) mass is 228 g/mol. The molecule has 0 bridgehead atoms. The van der Waals surface area contributed by atoms with Crippen LogP contribution in [0.25, 0.3) is 0 Å². The van der Waals surface area contributed by atoms with Gasteiger partial charge in [-0.05, 0) is 13.0 Å². The van der Waals surface area contributed by atoms with Crippen LogP contribution in [-0.2, 0) is 9.53 Å². The molecule has 0 heterocycles. The Hall–Kier alpha value is -1.29. The fourth-order valence-corrected chi connectivity index (χ4v) is 1.42. The molecule has 1 unspecified atom stereocenters. The van der Waals surface area contributed by atoms with Crippen molar-refractivity contribution in [2.75, 3.05) is 6.61 Å². The second-order valence-corrected chi connectivity index (χ2v) is 3.32. The van der Waals surface area contributed by atoms with Gasteiger partial charge in [-0.1, -0.05) is 13.0 Å². The summed E-state index contributed by atoms with van der Waals surface area (Å²) in [5.74, 6) is -1.63. The van der Waals surface area contributed by atoms with Gasteiger partial charge in [0.25, 0.3) is 0 Å². The molecule has 0 saturated heterocycles. The Labute approximate surface area is 93.2 Å². The highest BCUT2D eigenvalue weighted by atomic mass is 19.1. The molecule has 1 rings (SSSR count). The van der Waals surface area contributed by atoms with Crippen LogP contribution in [0.15, 0.2) is 18.2 Å². The molecule has 4 heteroatoms. The molecule has 0 fully saturated rings. The van der Waals surface area contributed by atoms with Gasteiger partial charge in [0.05, 0.1) is 0 Å². The summed E-state index contributed by atoms with van der Waals surface area (Å²) in [6, 6.07) is 3.12. The first-order chi connectivity index (χ1) is 7.60. The van der Waals surface area contributed by atoms with Gasteiger partial charge in [0.1, 0.15) is 17.7 Å². The molecule has 1 aromatic carbocycles. The van der Waals surface area contributed by atoms with Crippen molar-refractivity contribution < 1.29 is 18.3 Å². The number of halogens is 2. The van der Waals surface area contributed by atoms with Crippen molar-refractivity contribution >= 4 is 5.78 Å². The molecular weight excluding hydrogens is 214 g/mol. The highest BCUT2D eigenvalue weighted by Gasteiger charge is 2.22. The summed E-state index contributed by atoms with van der Waals surface area (Å²) >= 11 is 0. The second-order valence-electron chi connectivity index (χ2n) is 3.32. The lowest BCUT2D eigenvalue weighted by atomic mass is 10.0. The maximum absolute atomic E-state index is 13.4. The maximum atomic E-state index is 13.4. The van der Waals surface area contributed by atoms with E-state index < -0.39 is 17.7 Å². The summed E-state index contributed by atoms with van der Waals surface area (Å²) in [7, 11) is 0. The lowest BCUT2D eigenvalue weighted by Gasteiger charge is -2.16. The zero-order valence-electron chi connectivity index (χ0n) is 9.30. The van der Waals surface area contributed by atoms with Crippen molar-refractivity contribution in [1.82, 2.24) is 0 Å². The molecule has 0 saturated carbocycles. The smallest absolute Gasteiger partial charge is 0.165 e. The Morgan fingerprint density at radius 2 is 2.06 bits per heavy atom.